The second-order valence-corrected chi connectivity index (χ2v) is 6.03. The summed E-state index contributed by atoms with van der Waals surface area (Å²) in [6.45, 7) is 2.28. The van der Waals surface area contributed by atoms with Crippen molar-refractivity contribution < 1.29 is 9.53 Å². The molecule has 0 heterocycles. The minimum absolute atomic E-state index is 0.328. The number of carbonyl (C=O) groups is 1. The van der Waals surface area contributed by atoms with Gasteiger partial charge in [0, 0.05) is 30.2 Å². The summed E-state index contributed by atoms with van der Waals surface area (Å²) in [5, 5.41) is 0. The van der Waals surface area contributed by atoms with Crippen LogP contribution in [0.2, 0.25) is 0 Å². The Morgan fingerprint density at radius 2 is 1.78 bits per heavy atom. The Hall–Kier alpha value is -1.91. The van der Waals surface area contributed by atoms with Crippen LogP contribution >= 0.6 is 15.9 Å². The molecule has 4 heteroatoms. The Labute approximate surface area is 145 Å². The van der Waals surface area contributed by atoms with Crippen molar-refractivity contribution in [3.63, 3.8) is 0 Å². The fourth-order valence-corrected chi connectivity index (χ4v) is 2.67. The summed E-state index contributed by atoms with van der Waals surface area (Å²) >= 11 is 3.59. The number of benzene rings is 2. The fourth-order valence-electron chi connectivity index (χ4n) is 2.26. The van der Waals surface area contributed by atoms with E-state index in [1.54, 1.807) is 0 Å². The normalized spacial score (nSPS) is 11.1. The van der Waals surface area contributed by atoms with E-state index in [1.807, 2.05) is 42.5 Å². The van der Waals surface area contributed by atoms with E-state index in [0.717, 1.165) is 17.6 Å². The predicted octanol–water partition coefficient (Wildman–Crippen LogP) is 4.18. The van der Waals surface area contributed by atoms with Crippen LogP contribution in [0.5, 0.6) is 0 Å². The fraction of sp³-hybridized carbons (Fsp3) is 0.211. The number of halogens is 1. The zero-order valence-electron chi connectivity index (χ0n) is 13.1. The first-order chi connectivity index (χ1) is 11.2. The number of hydrogen-bond acceptors (Lipinski definition) is 3. The van der Waals surface area contributed by atoms with Crippen molar-refractivity contribution in [1.82, 2.24) is 4.90 Å². The molecule has 2 rings (SSSR count). The monoisotopic (exact) mass is 373 g/mol. The molecule has 2 aromatic rings. The van der Waals surface area contributed by atoms with Gasteiger partial charge in [0.2, 0.25) is 0 Å². The molecule has 0 saturated heterocycles. The molecule has 0 fully saturated rings. The third-order valence-corrected chi connectivity index (χ3v) is 4.19. The van der Waals surface area contributed by atoms with E-state index >= 15 is 0 Å². The summed E-state index contributed by atoms with van der Waals surface area (Å²) in [5.74, 6) is -0.328. The largest absolute Gasteiger partial charge is 0.466 e. The molecule has 0 N–H and O–H groups in total. The third-order valence-electron chi connectivity index (χ3n) is 3.42. The molecule has 2 aromatic carbocycles. The lowest BCUT2D eigenvalue weighted by Crippen LogP contribution is -2.23. The van der Waals surface area contributed by atoms with Crippen LogP contribution in [0.25, 0.3) is 0 Å². The predicted molar refractivity (Wildman–Crippen MR) is 95.9 cm³/mol. The van der Waals surface area contributed by atoms with E-state index < -0.39 is 0 Å². The van der Waals surface area contributed by atoms with Crippen molar-refractivity contribution in [1.29, 1.82) is 0 Å². The molecule has 0 aromatic heterocycles. The lowest BCUT2D eigenvalue weighted by Gasteiger charge is -2.21. The van der Waals surface area contributed by atoms with Crippen LogP contribution in [0.3, 0.4) is 0 Å². The molecule has 0 atom stereocenters. The van der Waals surface area contributed by atoms with Gasteiger partial charge in [0.05, 0.1) is 7.11 Å². The van der Waals surface area contributed by atoms with Crippen molar-refractivity contribution in [2.45, 2.75) is 13.1 Å². The van der Waals surface area contributed by atoms with Crippen molar-refractivity contribution in [2.75, 3.05) is 13.7 Å². The molecule has 0 unspecified atom stereocenters. The number of carbonyl (C=O) groups excluding carboxylic acids is 1. The molecule has 0 amide bonds. The quantitative estimate of drug-likeness (QED) is 0.538. The van der Waals surface area contributed by atoms with Crippen LogP contribution in [0.15, 0.2) is 71.2 Å². The van der Waals surface area contributed by atoms with Crippen LogP contribution in [-0.2, 0) is 22.6 Å². The minimum atomic E-state index is -0.328. The highest BCUT2D eigenvalue weighted by atomic mass is 79.9. The first-order valence-electron chi connectivity index (χ1n) is 7.43. The molecule has 0 saturated carbocycles. The second kappa shape index (κ2) is 9.28. The summed E-state index contributed by atoms with van der Waals surface area (Å²) in [7, 11) is 1.38. The van der Waals surface area contributed by atoms with Crippen LogP contribution in [0.1, 0.15) is 11.1 Å². The van der Waals surface area contributed by atoms with Crippen LogP contribution in [-0.4, -0.2) is 24.5 Å². The van der Waals surface area contributed by atoms with Crippen molar-refractivity contribution >= 4 is 21.9 Å². The van der Waals surface area contributed by atoms with Gasteiger partial charge in [0.15, 0.2) is 0 Å². The average Bonchev–Trinajstić information content (AvgIpc) is 2.57. The first-order valence-corrected chi connectivity index (χ1v) is 8.22. The maximum atomic E-state index is 11.2. The topological polar surface area (TPSA) is 29.5 Å². The summed E-state index contributed by atoms with van der Waals surface area (Å²) < 4.78 is 5.73. The van der Waals surface area contributed by atoms with Gasteiger partial charge in [-0.15, -0.1) is 0 Å². The SMILES string of the molecule is COC(=O)C=CCN(Cc1ccccc1)Cc1ccccc1Br. The Morgan fingerprint density at radius 3 is 2.48 bits per heavy atom. The van der Waals surface area contributed by atoms with E-state index in [1.165, 1.54) is 24.3 Å². The summed E-state index contributed by atoms with van der Waals surface area (Å²) in [6, 6.07) is 18.5. The minimum Gasteiger partial charge on any atom is -0.466 e. The van der Waals surface area contributed by atoms with Gasteiger partial charge in [-0.1, -0.05) is 70.5 Å². The van der Waals surface area contributed by atoms with Crippen LogP contribution in [0, 0.1) is 0 Å². The number of hydrogen-bond donors (Lipinski definition) is 0. The van der Waals surface area contributed by atoms with E-state index in [2.05, 4.69) is 43.8 Å². The molecule has 23 heavy (non-hydrogen) atoms. The molecular formula is C19H20BrNO2. The zero-order valence-corrected chi connectivity index (χ0v) is 14.7. The molecular weight excluding hydrogens is 354 g/mol. The van der Waals surface area contributed by atoms with Crippen molar-refractivity contribution in [3.05, 3.63) is 82.3 Å². The maximum Gasteiger partial charge on any atom is 0.330 e. The highest BCUT2D eigenvalue weighted by Gasteiger charge is 2.08. The molecule has 0 aliphatic rings. The van der Waals surface area contributed by atoms with E-state index in [4.69, 9.17) is 0 Å². The number of rotatable bonds is 7. The third kappa shape index (κ3) is 6.00. The number of methoxy groups -OCH3 is 1. The van der Waals surface area contributed by atoms with Crippen LogP contribution < -0.4 is 0 Å². The Morgan fingerprint density at radius 1 is 1.09 bits per heavy atom. The maximum absolute atomic E-state index is 11.2. The zero-order chi connectivity index (χ0) is 16.5. The van der Waals surface area contributed by atoms with Crippen molar-refractivity contribution in [2.24, 2.45) is 0 Å². The summed E-state index contributed by atoms with van der Waals surface area (Å²) in [6.07, 6.45) is 3.31. The van der Waals surface area contributed by atoms with Gasteiger partial charge >= 0.3 is 5.97 Å². The Kier molecular flexibility index (Phi) is 7.04. The number of ether oxygens (including phenoxy) is 1. The molecule has 0 aliphatic heterocycles. The highest BCUT2D eigenvalue weighted by Crippen LogP contribution is 2.19. The highest BCUT2D eigenvalue weighted by molar-refractivity contribution is 9.10. The van der Waals surface area contributed by atoms with Crippen LogP contribution in [0.4, 0.5) is 0 Å². The van der Waals surface area contributed by atoms with Gasteiger partial charge in [0.1, 0.15) is 0 Å². The molecule has 0 aliphatic carbocycles. The second-order valence-electron chi connectivity index (χ2n) is 5.17. The van der Waals surface area contributed by atoms with Gasteiger partial charge in [-0.3, -0.25) is 4.90 Å². The number of esters is 1. The standard InChI is InChI=1S/C19H20BrNO2/c1-23-19(22)12-7-13-21(14-16-8-3-2-4-9-16)15-17-10-5-6-11-18(17)20/h2-12H,13-15H2,1H3. The van der Waals surface area contributed by atoms with Gasteiger partial charge in [0.25, 0.3) is 0 Å². The van der Waals surface area contributed by atoms with E-state index in [0.29, 0.717) is 6.54 Å². The first kappa shape index (κ1) is 17.4. The summed E-state index contributed by atoms with van der Waals surface area (Å²) in [5.41, 5.74) is 2.46. The molecule has 0 bridgehead atoms. The lowest BCUT2D eigenvalue weighted by molar-refractivity contribution is -0.134. The average molecular weight is 374 g/mol. The molecule has 0 radical (unpaired) electrons. The van der Waals surface area contributed by atoms with Gasteiger partial charge in [-0.05, 0) is 17.2 Å². The molecule has 3 nitrogen and oxygen atoms in total. The Bertz CT molecular complexity index is 655. The molecule has 120 valence electrons. The van der Waals surface area contributed by atoms with Gasteiger partial charge in [-0.2, -0.15) is 0 Å². The van der Waals surface area contributed by atoms with E-state index in [9.17, 15) is 4.79 Å². The lowest BCUT2D eigenvalue weighted by atomic mass is 10.1. The van der Waals surface area contributed by atoms with E-state index in [-0.39, 0.29) is 5.97 Å². The Balaban J connectivity index is 2.09. The molecule has 0 spiro atoms. The number of nitrogens with zero attached hydrogens (tertiary/aromatic N) is 1. The van der Waals surface area contributed by atoms with Crippen molar-refractivity contribution in [3.8, 4) is 0 Å². The van der Waals surface area contributed by atoms with Gasteiger partial charge in [-0.25, -0.2) is 4.79 Å². The smallest absolute Gasteiger partial charge is 0.330 e. The summed E-state index contributed by atoms with van der Waals surface area (Å²) in [4.78, 5) is 13.5. The van der Waals surface area contributed by atoms with Gasteiger partial charge < -0.3 is 4.74 Å².